The Morgan fingerprint density at radius 1 is 1.30 bits per heavy atom. The fourth-order valence-electron chi connectivity index (χ4n) is 3.15. The maximum Gasteiger partial charge on any atom is 0.320 e. The first-order valence-electron chi connectivity index (χ1n) is 7.88. The van der Waals surface area contributed by atoms with Gasteiger partial charge < -0.3 is 9.84 Å². The number of aryl methyl sites for hydroxylation is 1. The summed E-state index contributed by atoms with van der Waals surface area (Å²) in [5.74, 6) is 1.10. The van der Waals surface area contributed by atoms with Crippen molar-refractivity contribution in [3.63, 3.8) is 0 Å². The summed E-state index contributed by atoms with van der Waals surface area (Å²) in [5.41, 5.74) is 0.921. The molecule has 1 atom stereocenters. The maximum atomic E-state index is 13.2. The van der Waals surface area contributed by atoms with Gasteiger partial charge in [0, 0.05) is 6.07 Å². The van der Waals surface area contributed by atoms with Gasteiger partial charge in [-0.2, -0.15) is 0 Å². The Balaban J connectivity index is 1.72. The van der Waals surface area contributed by atoms with Gasteiger partial charge in [-0.05, 0) is 43.4 Å². The number of halogens is 1. The summed E-state index contributed by atoms with van der Waals surface area (Å²) in [6.07, 6.45) is 4.44. The summed E-state index contributed by atoms with van der Waals surface area (Å²) in [5, 5.41) is 9.42. The lowest BCUT2D eigenvalue weighted by Gasteiger charge is -2.25. The molecule has 1 aromatic heterocycles. The van der Waals surface area contributed by atoms with Gasteiger partial charge in [0.2, 0.25) is 0 Å². The van der Waals surface area contributed by atoms with Crippen LogP contribution in [0.25, 0.3) is 0 Å². The SMILES string of the molecule is Cc1cc(NC(=O)NC(c2ccc(F)cc2)C2CCCC2)no1. The van der Waals surface area contributed by atoms with Crippen molar-refractivity contribution in [1.29, 1.82) is 0 Å². The molecular formula is C17H20FN3O2. The minimum absolute atomic E-state index is 0.133. The topological polar surface area (TPSA) is 67.2 Å². The molecule has 6 heteroatoms. The molecule has 23 heavy (non-hydrogen) atoms. The summed E-state index contributed by atoms with van der Waals surface area (Å²) in [6, 6.07) is 7.51. The summed E-state index contributed by atoms with van der Waals surface area (Å²) < 4.78 is 18.1. The molecule has 1 heterocycles. The van der Waals surface area contributed by atoms with Crippen molar-refractivity contribution in [3.8, 4) is 0 Å². The number of carbonyl (C=O) groups is 1. The number of hydrogen-bond donors (Lipinski definition) is 2. The van der Waals surface area contributed by atoms with E-state index in [4.69, 9.17) is 4.52 Å². The van der Waals surface area contributed by atoms with Gasteiger partial charge in [-0.15, -0.1) is 0 Å². The lowest BCUT2D eigenvalue weighted by molar-refractivity contribution is 0.242. The van der Waals surface area contributed by atoms with E-state index in [0.29, 0.717) is 17.5 Å². The molecule has 0 bridgehead atoms. The summed E-state index contributed by atoms with van der Waals surface area (Å²) in [7, 11) is 0. The quantitative estimate of drug-likeness (QED) is 0.889. The third-order valence-electron chi connectivity index (χ3n) is 4.26. The number of urea groups is 1. The number of benzene rings is 1. The number of hydrogen-bond acceptors (Lipinski definition) is 3. The minimum Gasteiger partial charge on any atom is -0.360 e. The number of nitrogens with one attached hydrogen (secondary N) is 2. The van der Waals surface area contributed by atoms with Gasteiger partial charge in [0.1, 0.15) is 11.6 Å². The number of anilines is 1. The Hall–Kier alpha value is -2.37. The molecule has 0 radical (unpaired) electrons. The van der Waals surface area contributed by atoms with E-state index < -0.39 is 0 Å². The number of carbonyl (C=O) groups excluding carboxylic acids is 1. The molecule has 122 valence electrons. The largest absolute Gasteiger partial charge is 0.360 e. The number of aromatic nitrogens is 1. The van der Waals surface area contributed by atoms with E-state index in [2.05, 4.69) is 15.8 Å². The van der Waals surface area contributed by atoms with Crippen molar-refractivity contribution in [3.05, 3.63) is 47.5 Å². The molecule has 2 aromatic rings. The highest BCUT2D eigenvalue weighted by Crippen LogP contribution is 2.35. The lowest BCUT2D eigenvalue weighted by atomic mass is 9.92. The molecular weight excluding hydrogens is 297 g/mol. The van der Waals surface area contributed by atoms with E-state index in [-0.39, 0.29) is 17.9 Å². The van der Waals surface area contributed by atoms with Crippen LogP contribution in [0.15, 0.2) is 34.9 Å². The maximum absolute atomic E-state index is 13.2. The van der Waals surface area contributed by atoms with E-state index in [1.807, 2.05) is 0 Å². The number of amides is 2. The highest BCUT2D eigenvalue weighted by atomic mass is 19.1. The van der Waals surface area contributed by atoms with Gasteiger partial charge in [-0.25, -0.2) is 9.18 Å². The highest BCUT2D eigenvalue weighted by Gasteiger charge is 2.28. The zero-order chi connectivity index (χ0) is 16.2. The third-order valence-corrected chi connectivity index (χ3v) is 4.26. The van der Waals surface area contributed by atoms with E-state index >= 15 is 0 Å². The Bertz CT molecular complexity index is 663. The first kappa shape index (κ1) is 15.5. The Kier molecular flexibility index (Phi) is 4.60. The monoisotopic (exact) mass is 317 g/mol. The predicted octanol–water partition coefficient (Wildman–Crippen LogP) is 4.18. The van der Waals surface area contributed by atoms with Crippen LogP contribution < -0.4 is 10.6 Å². The van der Waals surface area contributed by atoms with Crippen molar-refractivity contribution in [2.75, 3.05) is 5.32 Å². The molecule has 1 fully saturated rings. The fraction of sp³-hybridized carbons (Fsp3) is 0.412. The Morgan fingerprint density at radius 2 is 2.00 bits per heavy atom. The van der Waals surface area contributed by atoms with Crippen LogP contribution in [0.5, 0.6) is 0 Å². The van der Waals surface area contributed by atoms with E-state index in [1.54, 1.807) is 25.1 Å². The third kappa shape index (κ3) is 3.88. The van der Waals surface area contributed by atoms with Crippen LogP contribution in [0.1, 0.15) is 43.0 Å². The van der Waals surface area contributed by atoms with Gasteiger partial charge in [0.15, 0.2) is 5.82 Å². The van der Waals surface area contributed by atoms with Crippen LogP contribution in [-0.4, -0.2) is 11.2 Å². The smallest absolute Gasteiger partial charge is 0.320 e. The zero-order valence-corrected chi connectivity index (χ0v) is 13.0. The highest BCUT2D eigenvalue weighted by molar-refractivity contribution is 5.88. The standard InChI is InChI=1S/C17H20FN3O2/c1-11-10-15(21-23-11)19-17(22)20-16(12-4-2-3-5-12)13-6-8-14(18)9-7-13/h6-10,12,16H,2-5H2,1H3,(H2,19,20,21,22). The average Bonchev–Trinajstić information content (AvgIpc) is 3.18. The lowest BCUT2D eigenvalue weighted by Crippen LogP contribution is -2.36. The van der Waals surface area contributed by atoms with Crippen LogP contribution in [0.4, 0.5) is 15.0 Å². The van der Waals surface area contributed by atoms with Gasteiger partial charge >= 0.3 is 6.03 Å². The second-order valence-corrected chi connectivity index (χ2v) is 6.00. The molecule has 0 spiro atoms. The van der Waals surface area contributed by atoms with Crippen molar-refractivity contribution in [2.24, 2.45) is 5.92 Å². The zero-order valence-electron chi connectivity index (χ0n) is 13.0. The van der Waals surface area contributed by atoms with Gasteiger partial charge in [-0.3, -0.25) is 5.32 Å². The molecule has 2 N–H and O–H groups in total. The summed E-state index contributed by atoms with van der Waals surface area (Å²) >= 11 is 0. The van der Waals surface area contributed by atoms with Gasteiger partial charge in [0.05, 0.1) is 6.04 Å². The van der Waals surface area contributed by atoms with Crippen molar-refractivity contribution >= 4 is 11.8 Å². The molecule has 5 nitrogen and oxygen atoms in total. The fourth-order valence-corrected chi connectivity index (χ4v) is 3.15. The first-order chi connectivity index (χ1) is 11.1. The molecule has 1 aromatic carbocycles. The summed E-state index contributed by atoms with van der Waals surface area (Å²) in [6.45, 7) is 1.76. The first-order valence-corrected chi connectivity index (χ1v) is 7.88. The molecule has 1 aliphatic carbocycles. The molecule has 3 rings (SSSR count). The van der Waals surface area contributed by atoms with Gasteiger partial charge in [-0.1, -0.05) is 30.1 Å². The number of rotatable bonds is 4. The number of nitrogens with zero attached hydrogens (tertiary/aromatic N) is 1. The van der Waals surface area contributed by atoms with Gasteiger partial charge in [0.25, 0.3) is 0 Å². The molecule has 1 saturated carbocycles. The van der Waals surface area contributed by atoms with Crippen LogP contribution >= 0.6 is 0 Å². The van der Waals surface area contributed by atoms with Crippen LogP contribution in [0.2, 0.25) is 0 Å². The molecule has 1 aliphatic rings. The molecule has 1 unspecified atom stereocenters. The van der Waals surface area contributed by atoms with Crippen molar-refractivity contribution in [2.45, 2.75) is 38.6 Å². The Morgan fingerprint density at radius 3 is 2.61 bits per heavy atom. The van der Waals surface area contributed by atoms with E-state index in [0.717, 1.165) is 31.2 Å². The second kappa shape index (κ2) is 6.81. The Labute approximate surface area is 134 Å². The van der Waals surface area contributed by atoms with Crippen molar-refractivity contribution in [1.82, 2.24) is 10.5 Å². The molecule has 2 amide bonds. The summed E-state index contributed by atoms with van der Waals surface area (Å²) in [4.78, 5) is 12.3. The molecule has 0 saturated heterocycles. The van der Waals surface area contributed by atoms with E-state index in [9.17, 15) is 9.18 Å². The van der Waals surface area contributed by atoms with Crippen molar-refractivity contribution < 1.29 is 13.7 Å². The minimum atomic E-state index is -0.334. The second-order valence-electron chi connectivity index (χ2n) is 6.00. The predicted molar refractivity (Wildman–Crippen MR) is 84.5 cm³/mol. The van der Waals surface area contributed by atoms with Crippen LogP contribution in [-0.2, 0) is 0 Å². The van der Waals surface area contributed by atoms with Crippen LogP contribution in [0.3, 0.4) is 0 Å². The normalized spacial score (nSPS) is 16.3. The van der Waals surface area contributed by atoms with E-state index in [1.165, 1.54) is 12.1 Å². The molecule has 0 aliphatic heterocycles. The van der Waals surface area contributed by atoms with Crippen LogP contribution in [0, 0.1) is 18.7 Å². The average molecular weight is 317 g/mol.